The van der Waals surface area contributed by atoms with Crippen LogP contribution in [-0.4, -0.2) is 33.3 Å². The lowest BCUT2D eigenvalue weighted by atomic mass is 10.1. The van der Waals surface area contributed by atoms with E-state index in [-0.39, 0.29) is 11.2 Å². The van der Waals surface area contributed by atoms with E-state index >= 15 is 0 Å². The van der Waals surface area contributed by atoms with Gasteiger partial charge < -0.3 is 9.32 Å². The first kappa shape index (κ1) is 17.1. The SMILES string of the molecule is CCSC(C)C(=O)N1CCc2oc(CCc3ccccc3)nc2C1. The highest BCUT2D eigenvalue weighted by Crippen LogP contribution is 2.23. The summed E-state index contributed by atoms with van der Waals surface area (Å²) in [5, 5.41) is 0.0148. The summed E-state index contributed by atoms with van der Waals surface area (Å²) in [6, 6.07) is 10.4. The third kappa shape index (κ3) is 4.01. The van der Waals surface area contributed by atoms with Crippen molar-refractivity contribution in [3.63, 3.8) is 0 Å². The minimum absolute atomic E-state index is 0.0148. The molecule has 3 rings (SSSR count). The highest BCUT2D eigenvalue weighted by atomic mass is 32.2. The number of oxazole rings is 1. The van der Waals surface area contributed by atoms with Crippen LogP contribution in [0.25, 0.3) is 0 Å². The Morgan fingerprint density at radius 3 is 2.88 bits per heavy atom. The third-order valence-electron chi connectivity index (χ3n) is 4.32. The number of hydrogen-bond donors (Lipinski definition) is 0. The molecule has 1 unspecified atom stereocenters. The molecule has 2 aromatic rings. The topological polar surface area (TPSA) is 46.3 Å². The lowest BCUT2D eigenvalue weighted by molar-refractivity contribution is -0.131. The van der Waals surface area contributed by atoms with E-state index in [4.69, 9.17) is 4.42 Å². The zero-order valence-corrected chi connectivity index (χ0v) is 15.1. The molecule has 0 saturated carbocycles. The van der Waals surface area contributed by atoms with Gasteiger partial charge in [-0.2, -0.15) is 0 Å². The van der Waals surface area contributed by atoms with E-state index in [0.717, 1.165) is 48.9 Å². The fourth-order valence-corrected chi connectivity index (χ4v) is 3.81. The molecule has 1 aliphatic heterocycles. The third-order valence-corrected chi connectivity index (χ3v) is 5.35. The number of carbonyl (C=O) groups is 1. The maximum atomic E-state index is 12.5. The normalized spacial score (nSPS) is 15.2. The van der Waals surface area contributed by atoms with Gasteiger partial charge in [-0.1, -0.05) is 37.3 Å². The second-order valence-corrected chi connectivity index (χ2v) is 7.69. The van der Waals surface area contributed by atoms with Crippen LogP contribution in [0, 0.1) is 0 Å². The molecule has 24 heavy (non-hydrogen) atoms. The fraction of sp³-hybridized carbons (Fsp3) is 0.474. The Kier molecular flexibility index (Phi) is 5.61. The minimum Gasteiger partial charge on any atom is -0.445 e. The first-order chi connectivity index (χ1) is 11.7. The number of nitrogens with zero attached hydrogens (tertiary/aromatic N) is 2. The monoisotopic (exact) mass is 344 g/mol. The number of benzene rings is 1. The summed E-state index contributed by atoms with van der Waals surface area (Å²) in [4.78, 5) is 19.0. The molecule has 5 heteroatoms. The molecule has 1 aromatic heterocycles. The Labute approximate surface area is 147 Å². The molecule has 0 aliphatic carbocycles. The smallest absolute Gasteiger partial charge is 0.235 e. The molecule has 1 aliphatic rings. The molecule has 0 spiro atoms. The van der Waals surface area contributed by atoms with E-state index in [1.807, 2.05) is 17.9 Å². The lowest BCUT2D eigenvalue weighted by Crippen LogP contribution is -2.40. The van der Waals surface area contributed by atoms with Gasteiger partial charge in [0.1, 0.15) is 11.5 Å². The Hall–Kier alpha value is -1.75. The van der Waals surface area contributed by atoms with E-state index in [2.05, 4.69) is 36.2 Å². The number of aromatic nitrogens is 1. The maximum absolute atomic E-state index is 12.5. The summed E-state index contributed by atoms with van der Waals surface area (Å²) in [5.74, 6) is 2.91. The molecule has 0 fully saturated rings. The van der Waals surface area contributed by atoms with Gasteiger partial charge in [0.15, 0.2) is 5.89 Å². The highest BCUT2D eigenvalue weighted by molar-refractivity contribution is 8.00. The van der Waals surface area contributed by atoms with Crippen molar-refractivity contribution in [1.82, 2.24) is 9.88 Å². The van der Waals surface area contributed by atoms with Crippen molar-refractivity contribution >= 4 is 17.7 Å². The van der Waals surface area contributed by atoms with E-state index in [1.165, 1.54) is 5.56 Å². The number of amides is 1. The van der Waals surface area contributed by atoms with Gasteiger partial charge in [0, 0.05) is 19.4 Å². The van der Waals surface area contributed by atoms with Crippen LogP contribution in [0.5, 0.6) is 0 Å². The van der Waals surface area contributed by atoms with Crippen molar-refractivity contribution < 1.29 is 9.21 Å². The molecule has 0 N–H and O–H groups in total. The van der Waals surface area contributed by atoms with Crippen molar-refractivity contribution in [2.45, 2.75) is 44.9 Å². The fourth-order valence-electron chi connectivity index (χ4n) is 3.02. The zero-order valence-electron chi connectivity index (χ0n) is 14.3. The van der Waals surface area contributed by atoms with Gasteiger partial charge in [-0.25, -0.2) is 4.98 Å². The summed E-state index contributed by atoms with van der Waals surface area (Å²) < 4.78 is 5.91. The Bertz CT molecular complexity index is 684. The molecule has 1 amide bonds. The van der Waals surface area contributed by atoms with E-state index < -0.39 is 0 Å². The van der Waals surface area contributed by atoms with Crippen molar-refractivity contribution in [3.8, 4) is 0 Å². The summed E-state index contributed by atoms with van der Waals surface area (Å²) >= 11 is 1.69. The molecule has 0 bridgehead atoms. The maximum Gasteiger partial charge on any atom is 0.235 e. The second-order valence-electron chi connectivity index (χ2n) is 6.07. The predicted molar refractivity (Wildman–Crippen MR) is 97.1 cm³/mol. The molecule has 2 heterocycles. The van der Waals surface area contributed by atoms with Crippen LogP contribution in [0.1, 0.15) is 36.8 Å². The minimum atomic E-state index is 0.0148. The van der Waals surface area contributed by atoms with Crippen LogP contribution in [0.15, 0.2) is 34.7 Å². The van der Waals surface area contributed by atoms with Crippen LogP contribution in [0.4, 0.5) is 0 Å². The van der Waals surface area contributed by atoms with E-state index in [1.54, 1.807) is 11.8 Å². The number of rotatable bonds is 6. The van der Waals surface area contributed by atoms with Crippen LogP contribution in [-0.2, 0) is 30.6 Å². The molecule has 4 nitrogen and oxygen atoms in total. The number of fused-ring (bicyclic) bond motifs is 1. The molecule has 0 saturated heterocycles. The van der Waals surface area contributed by atoms with Gasteiger partial charge in [0.25, 0.3) is 0 Å². The van der Waals surface area contributed by atoms with Crippen LogP contribution in [0.2, 0.25) is 0 Å². The zero-order chi connectivity index (χ0) is 16.9. The summed E-state index contributed by atoms with van der Waals surface area (Å²) in [5.41, 5.74) is 2.22. The van der Waals surface area contributed by atoms with Gasteiger partial charge in [-0.3, -0.25) is 4.79 Å². The molecule has 1 atom stereocenters. The first-order valence-corrected chi connectivity index (χ1v) is 9.64. The molecule has 0 radical (unpaired) electrons. The van der Waals surface area contributed by atoms with Gasteiger partial charge in [0.2, 0.25) is 5.91 Å². The van der Waals surface area contributed by atoms with E-state index in [9.17, 15) is 4.79 Å². The lowest BCUT2D eigenvalue weighted by Gasteiger charge is -2.27. The average molecular weight is 344 g/mol. The predicted octanol–water partition coefficient (Wildman–Crippen LogP) is 3.49. The van der Waals surface area contributed by atoms with Crippen LogP contribution >= 0.6 is 11.8 Å². The Balaban J connectivity index is 1.61. The molecular weight excluding hydrogens is 320 g/mol. The quantitative estimate of drug-likeness (QED) is 0.805. The summed E-state index contributed by atoms with van der Waals surface area (Å²) in [6.45, 7) is 5.38. The first-order valence-electron chi connectivity index (χ1n) is 8.59. The van der Waals surface area contributed by atoms with Gasteiger partial charge >= 0.3 is 0 Å². The Morgan fingerprint density at radius 2 is 2.12 bits per heavy atom. The van der Waals surface area contributed by atoms with Crippen molar-refractivity contribution in [2.75, 3.05) is 12.3 Å². The average Bonchev–Trinajstić information content (AvgIpc) is 3.02. The number of hydrogen-bond acceptors (Lipinski definition) is 4. The molecule has 1 aromatic carbocycles. The summed E-state index contributed by atoms with van der Waals surface area (Å²) in [7, 11) is 0. The Morgan fingerprint density at radius 1 is 1.33 bits per heavy atom. The van der Waals surface area contributed by atoms with Crippen LogP contribution < -0.4 is 0 Å². The second kappa shape index (κ2) is 7.88. The number of carbonyl (C=O) groups excluding carboxylic acids is 1. The number of aryl methyl sites for hydroxylation is 2. The van der Waals surface area contributed by atoms with E-state index in [0.29, 0.717) is 6.54 Å². The van der Waals surface area contributed by atoms with Gasteiger partial charge in [0.05, 0.1) is 11.8 Å². The largest absolute Gasteiger partial charge is 0.445 e. The summed E-state index contributed by atoms with van der Waals surface area (Å²) in [6.07, 6.45) is 2.49. The number of thioether (sulfide) groups is 1. The van der Waals surface area contributed by atoms with Crippen LogP contribution in [0.3, 0.4) is 0 Å². The highest BCUT2D eigenvalue weighted by Gasteiger charge is 2.27. The standard InChI is InChI=1S/C19H24N2O2S/c1-3-24-14(2)19(22)21-12-11-17-16(13-21)20-18(23-17)10-9-15-7-5-4-6-8-15/h4-8,14H,3,9-13H2,1-2H3. The van der Waals surface area contributed by atoms with Crippen molar-refractivity contribution in [3.05, 3.63) is 53.2 Å². The molecule has 128 valence electrons. The van der Waals surface area contributed by atoms with Crippen molar-refractivity contribution in [2.24, 2.45) is 0 Å². The van der Waals surface area contributed by atoms with Gasteiger partial charge in [-0.15, -0.1) is 11.8 Å². The van der Waals surface area contributed by atoms with Crippen molar-refractivity contribution in [1.29, 1.82) is 0 Å². The van der Waals surface area contributed by atoms with Gasteiger partial charge in [-0.05, 0) is 24.7 Å². The molecular formula is C19H24N2O2S.